The van der Waals surface area contributed by atoms with Crippen LogP contribution in [-0.4, -0.2) is 23.9 Å². The van der Waals surface area contributed by atoms with Crippen molar-refractivity contribution in [1.29, 1.82) is 0 Å². The minimum atomic E-state index is 0.387. The summed E-state index contributed by atoms with van der Waals surface area (Å²) in [6, 6.07) is 8.66. The summed E-state index contributed by atoms with van der Waals surface area (Å²) in [5.74, 6) is 0.387. The van der Waals surface area contributed by atoms with Crippen molar-refractivity contribution in [2.75, 3.05) is 18.0 Å². The van der Waals surface area contributed by atoms with E-state index in [0.29, 0.717) is 18.6 Å². The van der Waals surface area contributed by atoms with Gasteiger partial charge in [0.05, 0.1) is 5.51 Å². The number of benzene rings is 1. The number of hydrogen-bond acceptors (Lipinski definition) is 4. The van der Waals surface area contributed by atoms with Gasteiger partial charge in [0.2, 0.25) is 0 Å². The van der Waals surface area contributed by atoms with Gasteiger partial charge in [0, 0.05) is 49.1 Å². The summed E-state index contributed by atoms with van der Waals surface area (Å²) in [7, 11) is 0. The third kappa shape index (κ3) is 3.01. The zero-order valence-corrected chi connectivity index (χ0v) is 11.5. The highest BCUT2D eigenvalue weighted by Crippen LogP contribution is 2.21. The lowest BCUT2D eigenvalue weighted by Crippen LogP contribution is -2.33. The van der Waals surface area contributed by atoms with E-state index in [9.17, 15) is 4.79 Å². The highest BCUT2D eigenvalue weighted by molar-refractivity contribution is 7.09. The highest BCUT2D eigenvalue weighted by Gasteiger charge is 2.16. The maximum Gasteiger partial charge on any atom is 0.136 e. The van der Waals surface area contributed by atoms with Crippen molar-refractivity contribution >= 4 is 22.8 Å². The maximum absolute atomic E-state index is 11.2. The van der Waals surface area contributed by atoms with Crippen molar-refractivity contribution in [3.63, 3.8) is 0 Å². The van der Waals surface area contributed by atoms with Crippen LogP contribution in [0, 0.1) is 0 Å². The summed E-state index contributed by atoms with van der Waals surface area (Å²) in [5, 5.41) is 0. The smallest absolute Gasteiger partial charge is 0.136 e. The number of rotatable bonds is 3. The summed E-state index contributed by atoms with van der Waals surface area (Å²) < 4.78 is 0. The summed E-state index contributed by atoms with van der Waals surface area (Å²) in [4.78, 5) is 18.9. The fourth-order valence-corrected chi connectivity index (χ4v) is 3.00. The van der Waals surface area contributed by atoms with E-state index < -0.39 is 0 Å². The summed E-state index contributed by atoms with van der Waals surface area (Å²) in [6.45, 7) is 1.71. The SMILES string of the molecule is O=C1CCN(c2ccc(Cc3cncs3)cc2)CC1. The molecule has 98 valence electrons. The summed E-state index contributed by atoms with van der Waals surface area (Å²) in [6.07, 6.45) is 4.24. The lowest BCUT2D eigenvalue weighted by atomic mass is 10.1. The first kappa shape index (κ1) is 12.4. The Morgan fingerprint density at radius 2 is 1.89 bits per heavy atom. The Morgan fingerprint density at radius 1 is 1.16 bits per heavy atom. The lowest BCUT2D eigenvalue weighted by Gasteiger charge is -2.28. The Balaban J connectivity index is 1.67. The Kier molecular flexibility index (Phi) is 3.60. The van der Waals surface area contributed by atoms with Crippen LogP contribution in [0.3, 0.4) is 0 Å². The van der Waals surface area contributed by atoms with Crippen LogP contribution in [0.25, 0.3) is 0 Å². The molecule has 0 spiro atoms. The van der Waals surface area contributed by atoms with E-state index in [1.807, 2.05) is 11.7 Å². The zero-order valence-electron chi connectivity index (χ0n) is 10.7. The number of Topliss-reactive ketones (excluding diaryl/α,β-unsaturated/α-hetero) is 1. The largest absolute Gasteiger partial charge is 0.371 e. The molecule has 0 atom stereocenters. The fraction of sp³-hybridized carbons (Fsp3) is 0.333. The second kappa shape index (κ2) is 5.53. The van der Waals surface area contributed by atoms with Crippen LogP contribution in [0.2, 0.25) is 0 Å². The van der Waals surface area contributed by atoms with E-state index in [1.165, 1.54) is 16.1 Å². The van der Waals surface area contributed by atoms with Crippen LogP contribution in [0.4, 0.5) is 5.69 Å². The highest BCUT2D eigenvalue weighted by atomic mass is 32.1. The van der Waals surface area contributed by atoms with Crippen molar-refractivity contribution in [1.82, 2.24) is 4.98 Å². The molecule has 1 saturated heterocycles. The molecule has 1 fully saturated rings. The minimum absolute atomic E-state index is 0.387. The number of piperidine rings is 1. The number of nitrogens with zero attached hydrogens (tertiary/aromatic N) is 2. The van der Waals surface area contributed by atoms with E-state index in [2.05, 4.69) is 34.1 Å². The van der Waals surface area contributed by atoms with Crippen molar-refractivity contribution in [3.8, 4) is 0 Å². The van der Waals surface area contributed by atoms with Crippen LogP contribution < -0.4 is 4.90 Å². The molecule has 0 unspecified atom stereocenters. The average molecular weight is 272 g/mol. The first-order chi connectivity index (χ1) is 9.31. The van der Waals surface area contributed by atoms with Gasteiger partial charge >= 0.3 is 0 Å². The predicted molar refractivity (Wildman–Crippen MR) is 77.8 cm³/mol. The third-order valence-corrected chi connectivity index (χ3v) is 4.26. The molecule has 3 rings (SSSR count). The quantitative estimate of drug-likeness (QED) is 0.861. The third-order valence-electron chi connectivity index (χ3n) is 3.48. The molecule has 0 bridgehead atoms. The Labute approximate surface area is 116 Å². The molecular formula is C15H16N2OS. The number of anilines is 1. The van der Waals surface area contributed by atoms with Crippen molar-refractivity contribution in [3.05, 3.63) is 46.4 Å². The minimum Gasteiger partial charge on any atom is -0.371 e. The van der Waals surface area contributed by atoms with Gasteiger partial charge in [0.15, 0.2) is 0 Å². The van der Waals surface area contributed by atoms with Crippen LogP contribution >= 0.6 is 11.3 Å². The number of thiazole rings is 1. The van der Waals surface area contributed by atoms with Gasteiger partial charge in [-0.05, 0) is 17.7 Å². The molecule has 0 saturated carbocycles. The van der Waals surface area contributed by atoms with Gasteiger partial charge in [-0.3, -0.25) is 9.78 Å². The average Bonchev–Trinajstić information content (AvgIpc) is 2.94. The fourth-order valence-electron chi connectivity index (χ4n) is 2.37. The molecule has 4 heteroatoms. The van der Waals surface area contributed by atoms with E-state index in [1.54, 1.807) is 11.3 Å². The van der Waals surface area contributed by atoms with Crippen LogP contribution in [0.1, 0.15) is 23.3 Å². The van der Waals surface area contributed by atoms with E-state index in [4.69, 9.17) is 0 Å². The number of carbonyl (C=O) groups is 1. The molecule has 1 aromatic heterocycles. The number of carbonyl (C=O) groups excluding carboxylic acids is 1. The Hall–Kier alpha value is -1.68. The summed E-state index contributed by atoms with van der Waals surface area (Å²) in [5.41, 5.74) is 4.40. The van der Waals surface area contributed by atoms with Crippen molar-refractivity contribution in [2.24, 2.45) is 0 Å². The number of hydrogen-bond donors (Lipinski definition) is 0. The van der Waals surface area contributed by atoms with Crippen molar-refractivity contribution < 1.29 is 4.79 Å². The molecule has 1 aromatic carbocycles. The van der Waals surface area contributed by atoms with E-state index >= 15 is 0 Å². The standard InChI is InChI=1S/C15H16N2OS/c18-14-5-7-17(8-6-14)13-3-1-12(2-4-13)9-15-10-16-11-19-15/h1-4,10-11H,5-9H2. The van der Waals surface area contributed by atoms with Gasteiger partial charge < -0.3 is 4.90 Å². The van der Waals surface area contributed by atoms with Gasteiger partial charge in [-0.2, -0.15) is 0 Å². The Bertz CT molecular complexity index is 538. The normalized spacial score (nSPS) is 15.8. The molecule has 2 heterocycles. The van der Waals surface area contributed by atoms with Crippen LogP contribution in [0.5, 0.6) is 0 Å². The first-order valence-electron chi connectivity index (χ1n) is 6.54. The second-order valence-corrected chi connectivity index (χ2v) is 5.81. The number of aromatic nitrogens is 1. The van der Waals surface area contributed by atoms with Gasteiger partial charge in [-0.25, -0.2) is 0 Å². The molecular weight excluding hydrogens is 256 g/mol. The number of ketones is 1. The molecule has 1 aliphatic heterocycles. The zero-order chi connectivity index (χ0) is 13.1. The van der Waals surface area contributed by atoms with E-state index in [-0.39, 0.29) is 0 Å². The Morgan fingerprint density at radius 3 is 2.53 bits per heavy atom. The van der Waals surface area contributed by atoms with Crippen LogP contribution in [0.15, 0.2) is 36.0 Å². The maximum atomic E-state index is 11.2. The molecule has 19 heavy (non-hydrogen) atoms. The molecule has 1 aliphatic rings. The van der Waals surface area contributed by atoms with E-state index in [0.717, 1.165) is 19.5 Å². The van der Waals surface area contributed by atoms with Crippen LogP contribution in [-0.2, 0) is 11.2 Å². The molecule has 0 amide bonds. The first-order valence-corrected chi connectivity index (χ1v) is 7.42. The summed E-state index contributed by atoms with van der Waals surface area (Å²) >= 11 is 1.69. The molecule has 2 aromatic rings. The van der Waals surface area contributed by atoms with Gasteiger partial charge in [0.25, 0.3) is 0 Å². The molecule has 0 aliphatic carbocycles. The molecule has 0 radical (unpaired) electrons. The monoisotopic (exact) mass is 272 g/mol. The topological polar surface area (TPSA) is 33.2 Å². The predicted octanol–water partition coefficient (Wildman–Crippen LogP) is 2.90. The second-order valence-electron chi connectivity index (χ2n) is 4.84. The molecule has 3 nitrogen and oxygen atoms in total. The van der Waals surface area contributed by atoms with Gasteiger partial charge in [-0.1, -0.05) is 12.1 Å². The van der Waals surface area contributed by atoms with Crippen molar-refractivity contribution in [2.45, 2.75) is 19.3 Å². The lowest BCUT2D eigenvalue weighted by molar-refractivity contribution is -0.119. The van der Waals surface area contributed by atoms with Gasteiger partial charge in [0.1, 0.15) is 5.78 Å². The molecule has 0 N–H and O–H groups in total. The van der Waals surface area contributed by atoms with Gasteiger partial charge in [-0.15, -0.1) is 11.3 Å².